The summed E-state index contributed by atoms with van der Waals surface area (Å²) in [6.07, 6.45) is 3.50. The monoisotopic (exact) mass is 250 g/mol. The van der Waals surface area contributed by atoms with E-state index in [0.29, 0.717) is 17.8 Å². The zero-order chi connectivity index (χ0) is 13.1. The molecule has 1 aliphatic rings. The van der Waals surface area contributed by atoms with Gasteiger partial charge in [0, 0.05) is 44.6 Å². The lowest BCUT2D eigenvalue weighted by atomic mass is 10.2. The van der Waals surface area contributed by atoms with Gasteiger partial charge in [0.15, 0.2) is 5.82 Å². The van der Waals surface area contributed by atoms with Crippen LogP contribution in [-0.4, -0.2) is 35.2 Å². The third-order valence-electron chi connectivity index (χ3n) is 3.13. The summed E-state index contributed by atoms with van der Waals surface area (Å²) in [5.74, 6) is 1.05. The van der Waals surface area contributed by atoms with Gasteiger partial charge in [-0.3, -0.25) is 4.79 Å². The van der Waals surface area contributed by atoms with Crippen LogP contribution in [0.25, 0.3) is 0 Å². The smallest absolute Gasteiger partial charge is 0.293 e. The molecule has 1 atom stereocenters. The van der Waals surface area contributed by atoms with Crippen LogP contribution in [0.15, 0.2) is 17.2 Å². The number of aromatic nitrogens is 2. The van der Waals surface area contributed by atoms with E-state index in [1.54, 1.807) is 17.0 Å². The van der Waals surface area contributed by atoms with Gasteiger partial charge in [0.05, 0.1) is 0 Å². The molecule has 2 rings (SSSR count). The Morgan fingerprint density at radius 3 is 3.00 bits per heavy atom. The minimum absolute atomic E-state index is 0.0281. The van der Waals surface area contributed by atoms with Crippen molar-refractivity contribution in [3.05, 3.63) is 22.7 Å². The maximum atomic E-state index is 12.3. The van der Waals surface area contributed by atoms with E-state index in [9.17, 15) is 4.79 Å². The molecule has 0 saturated carbocycles. The summed E-state index contributed by atoms with van der Waals surface area (Å²) in [4.78, 5) is 18.7. The standard InChI is InChI=1S/C13H22N4O/c1-10(2)8-17-7-5-15-12(13(17)18)16-6-4-14-11(3)9-16/h5,7,10-11,14H,4,6,8-9H2,1-3H3/t11-/m0/s1. The molecule has 1 saturated heterocycles. The van der Waals surface area contributed by atoms with E-state index in [1.165, 1.54) is 0 Å². The fourth-order valence-corrected chi connectivity index (χ4v) is 2.31. The second-order valence-electron chi connectivity index (χ2n) is 5.40. The van der Waals surface area contributed by atoms with Gasteiger partial charge in [-0.25, -0.2) is 4.98 Å². The number of anilines is 1. The molecule has 0 amide bonds. The molecule has 1 aromatic rings. The Bertz CT molecular complexity index is 455. The highest BCUT2D eigenvalue weighted by molar-refractivity contribution is 5.36. The fourth-order valence-electron chi connectivity index (χ4n) is 2.31. The maximum absolute atomic E-state index is 12.3. The van der Waals surface area contributed by atoms with Gasteiger partial charge in [-0.15, -0.1) is 0 Å². The topological polar surface area (TPSA) is 50.2 Å². The summed E-state index contributed by atoms with van der Waals surface area (Å²) in [7, 11) is 0. The first-order valence-corrected chi connectivity index (χ1v) is 6.61. The van der Waals surface area contributed by atoms with Crippen molar-refractivity contribution in [3.63, 3.8) is 0 Å². The Morgan fingerprint density at radius 2 is 2.33 bits per heavy atom. The quantitative estimate of drug-likeness (QED) is 0.858. The molecular formula is C13H22N4O. The van der Waals surface area contributed by atoms with Crippen LogP contribution in [0.4, 0.5) is 5.82 Å². The van der Waals surface area contributed by atoms with Gasteiger partial charge >= 0.3 is 0 Å². The molecule has 1 fully saturated rings. The second-order valence-corrected chi connectivity index (χ2v) is 5.40. The summed E-state index contributed by atoms with van der Waals surface area (Å²) in [5, 5.41) is 3.37. The van der Waals surface area contributed by atoms with E-state index in [2.05, 4.69) is 36.0 Å². The number of nitrogens with one attached hydrogen (secondary N) is 1. The molecule has 0 spiro atoms. The molecule has 0 aliphatic carbocycles. The van der Waals surface area contributed by atoms with E-state index in [-0.39, 0.29) is 5.56 Å². The van der Waals surface area contributed by atoms with Crippen LogP contribution in [0, 0.1) is 5.92 Å². The summed E-state index contributed by atoms with van der Waals surface area (Å²) in [6, 6.07) is 0.402. The highest BCUT2D eigenvalue weighted by Gasteiger charge is 2.20. The van der Waals surface area contributed by atoms with Crippen molar-refractivity contribution in [2.45, 2.75) is 33.4 Å². The largest absolute Gasteiger partial charge is 0.349 e. The molecule has 0 radical (unpaired) electrons. The predicted molar refractivity (Wildman–Crippen MR) is 73.0 cm³/mol. The van der Waals surface area contributed by atoms with Crippen molar-refractivity contribution in [2.24, 2.45) is 5.92 Å². The van der Waals surface area contributed by atoms with Crippen molar-refractivity contribution in [1.29, 1.82) is 0 Å². The Balaban J connectivity index is 2.25. The average Bonchev–Trinajstić information content (AvgIpc) is 2.31. The molecule has 1 aromatic heterocycles. The molecular weight excluding hydrogens is 228 g/mol. The highest BCUT2D eigenvalue weighted by Crippen LogP contribution is 2.08. The summed E-state index contributed by atoms with van der Waals surface area (Å²) in [6.45, 7) is 9.68. The average molecular weight is 250 g/mol. The molecule has 0 aromatic carbocycles. The fraction of sp³-hybridized carbons (Fsp3) is 0.692. The van der Waals surface area contributed by atoms with Crippen LogP contribution >= 0.6 is 0 Å². The molecule has 18 heavy (non-hydrogen) atoms. The van der Waals surface area contributed by atoms with E-state index >= 15 is 0 Å². The van der Waals surface area contributed by atoms with E-state index in [0.717, 1.165) is 26.2 Å². The van der Waals surface area contributed by atoms with Gasteiger partial charge in [-0.1, -0.05) is 13.8 Å². The molecule has 1 aliphatic heterocycles. The van der Waals surface area contributed by atoms with E-state index in [4.69, 9.17) is 0 Å². The SMILES string of the molecule is CC(C)Cn1ccnc(N2CCN[C@@H](C)C2)c1=O. The molecule has 5 nitrogen and oxygen atoms in total. The van der Waals surface area contributed by atoms with Crippen LogP contribution in [0.2, 0.25) is 0 Å². The number of piperazine rings is 1. The second kappa shape index (κ2) is 5.52. The molecule has 2 heterocycles. The van der Waals surface area contributed by atoms with E-state index in [1.807, 2.05) is 0 Å². The molecule has 0 bridgehead atoms. The first-order chi connectivity index (χ1) is 8.58. The Kier molecular flexibility index (Phi) is 4.01. The van der Waals surface area contributed by atoms with E-state index < -0.39 is 0 Å². The predicted octanol–water partition coefficient (Wildman–Crippen LogP) is 0.697. The summed E-state index contributed by atoms with van der Waals surface area (Å²) in [5.41, 5.74) is 0.0281. The van der Waals surface area contributed by atoms with Gasteiger partial charge in [0.1, 0.15) is 0 Å². The third-order valence-corrected chi connectivity index (χ3v) is 3.13. The molecule has 1 N–H and O–H groups in total. The van der Waals surface area contributed by atoms with Crippen LogP contribution in [-0.2, 0) is 6.54 Å². The minimum atomic E-state index is 0.0281. The normalized spacial score (nSPS) is 20.4. The Labute approximate surface area is 108 Å². The zero-order valence-corrected chi connectivity index (χ0v) is 11.4. The Morgan fingerprint density at radius 1 is 1.56 bits per heavy atom. The van der Waals surface area contributed by atoms with Crippen molar-refractivity contribution >= 4 is 5.82 Å². The van der Waals surface area contributed by atoms with Crippen LogP contribution in [0.5, 0.6) is 0 Å². The minimum Gasteiger partial charge on any atom is -0.349 e. The van der Waals surface area contributed by atoms with Crippen molar-refractivity contribution in [1.82, 2.24) is 14.9 Å². The van der Waals surface area contributed by atoms with Gasteiger partial charge in [-0.05, 0) is 12.8 Å². The zero-order valence-electron chi connectivity index (χ0n) is 11.4. The van der Waals surface area contributed by atoms with Gasteiger partial charge in [0.25, 0.3) is 5.56 Å². The lowest BCUT2D eigenvalue weighted by Gasteiger charge is -2.32. The van der Waals surface area contributed by atoms with Crippen LogP contribution in [0.1, 0.15) is 20.8 Å². The van der Waals surface area contributed by atoms with Gasteiger partial charge < -0.3 is 14.8 Å². The number of nitrogens with zero attached hydrogens (tertiary/aromatic N) is 3. The number of hydrogen-bond acceptors (Lipinski definition) is 4. The lowest BCUT2D eigenvalue weighted by molar-refractivity contribution is 0.474. The highest BCUT2D eigenvalue weighted by atomic mass is 16.1. The van der Waals surface area contributed by atoms with Gasteiger partial charge in [0.2, 0.25) is 0 Å². The number of rotatable bonds is 3. The first kappa shape index (κ1) is 13.1. The van der Waals surface area contributed by atoms with Crippen LogP contribution < -0.4 is 15.8 Å². The van der Waals surface area contributed by atoms with Crippen molar-refractivity contribution < 1.29 is 0 Å². The number of hydrogen-bond donors (Lipinski definition) is 1. The summed E-state index contributed by atoms with van der Waals surface area (Å²) < 4.78 is 1.76. The first-order valence-electron chi connectivity index (χ1n) is 6.61. The summed E-state index contributed by atoms with van der Waals surface area (Å²) >= 11 is 0. The molecule has 0 unspecified atom stereocenters. The van der Waals surface area contributed by atoms with Gasteiger partial charge in [-0.2, -0.15) is 0 Å². The lowest BCUT2D eigenvalue weighted by Crippen LogP contribution is -2.51. The van der Waals surface area contributed by atoms with Crippen molar-refractivity contribution in [2.75, 3.05) is 24.5 Å². The van der Waals surface area contributed by atoms with Crippen LogP contribution in [0.3, 0.4) is 0 Å². The Hall–Kier alpha value is -1.36. The van der Waals surface area contributed by atoms with Crippen molar-refractivity contribution in [3.8, 4) is 0 Å². The third kappa shape index (κ3) is 2.90. The maximum Gasteiger partial charge on any atom is 0.293 e. The molecule has 100 valence electrons. The molecule has 5 heteroatoms.